The van der Waals surface area contributed by atoms with Crippen LogP contribution in [0.5, 0.6) is 11.5 Å². The molecule has 2 aromatic carbocycles. The lowest BCUT2D eigenvalue weighted by Crippen LogP contribution is -2.23. The number of hydrogen-bond donors (Lipinski definition) is 1. The van der Waals surface area contributed by atoms with Gasteiger partial charge in [0.25, 0.3) is 0 Å². The lowest BCUT2D eigenvalue weighted by molar-refractivity contribution is -0.118. The Morgan fingerprint density at radius 2 is 1.90 bits per heavy atom. The van der Waals surface area contributed by atoms with E-state index in [1.54, 1.807) is 37.3 Å². The number of amides is 1. The topological polar surface area (TPSA) is 106 Å². The molecule has 1 aliphatic rings. The van der Waals surface area contributed by atoms with Crippen molar-refractivity contribution in [2.45, 2.75) is 24.0 Å². The van der Waals surface area contributed by atoms with Gasteiger partial charge in [-0.1, -0.05) is 23.4 Å². The molecule has 1 aliphatic heterocycles. The zero-order valence-electron chi connectivity index (χ0n) is 15.9. The van der Waals surface area contributed by atoms with Gasteiger partial charge in [-0.15, -0.1) is 5.10 Å². The first-order valence-corrected chi connectivity index (χ1v) is 10.8. The van der Waals surface area contributed by atoms with Gasteiger partial charge in [0.1, 0.15) is 10.6 Å². The molecule has 0 aliphatic carbocycles. The van der Waals surface area contributed by atoms with Crippen molar-refractivity contribution >= 4 is 39.2 Å². The zero-order valence-corrected chi connectivity index (χ0v) is 17.6. The molecule has 0 saturated carbocycles. The van der Waals surface area contributed by atoms with Gasteiger partial charge < -0.3 is 14.2 Å². The summed E-state index contributed by atoms with van der Waals surface area (Å²) < 4.78 is 35.6. The summed E-state index contributed by atoms with van der Waals surface area (Å²) in [6, 6.07) is 10.9. The second-order valence-corrected chi connectivity index (χ2v) is 9.03. The molecule has 29 heavy (non-hydrogen) atoms. The SMILES string of the molecule is COc1ccc(S(=O)(=O)Oc2ccc(C)cc2C=N/N=C2/NC(=O)C(C)S2)cc1. The van der Waals surface area contributed by atoms with Gasteiger partial charge in [-0.3, -0.25) is 4.79 Å². The second kappa shape index (κ2) is 8.66. The fraction of sp³-hybridized carbons (Fsp3) is 0.211. The Balaban J connectivity index is 1.83. The average Bonchev–Trinajstić information content (AvgIpc) is 3.01. The maximum absolute atomic E-state index is 12.6. The number of methoxy groups -OCH3 is 1. The molecular formula is C19H19N3O5S2. The van der Waals surface area contributed by atoms with E-state index in [1.807, 2.05) is 6.92 Å². The second-order valence-electron chi connectivity index (χ2n) is 6.15. The molecule has 0 aromatic heterocycles. The number of benzene rings is 2. The minimum Gasteiger partial charge on any atom is -0.497 e. The number of ether oxygens (including phenoxy) is 1. The van der Waals surface area contributed by atoms with Crippen molar-refractivity contribution in [2.24, 2.45) is 10.2 Å². The van der Waals surface area contributed by atoms with Crippen molar-refractivity contribution in [3.63, 3.8) is 0 Å². The van der Waals surface area contributed by atoms with Crippen molar-refractivity contribution < 1.29 is 22.1 Å². The van der Waals surface area contributed by atoms with Gasteiger partial charge in [-0.25, -0.2) is 0 Å². The molecule has 3 rings (SSSR count). The van der Waals surface area contributed by atoms with E-state index in [0.29, 0.717) is 16.5 Å². The van der Waals surface area contributed by atoms with Gasteiger partial charge in [-0.05, 0) is 50.2 Å². The van der Waals surface area contributed by atoms with Crippen LogP contribution in [0.4, 0.5) is 0 Å². The third-order valence-corrected chi connectivity index (χ3v) is 6.17. The smallest absolute Gasteiger partial charge is 0.339 e. The van der Waals surface area contributed by atoms with Gasteiger partial charge in [0.15, 0.2) is 10.9 Å². The Morgan fingerprint density at radius 3 is 2.52 bits per heavy atom. The molecule has 10 heteroatoms. The number of nitrogens with zero attached hydrogens (tertiary/aromatic N) is 2. The molecule has 1 fully saturated rings. The van der Waals surface area contributed by atoms with E-state index in [2.05, 4.69) is 15.5 Å². The third kappa shape index (κ3) is 5.15. The Hall–Kier alpha value is -2.85. The van der Waals surface area contributed by atoms with Gasteiger partial charge in [-0.2, -0.15) is 13.5 Å². The van der Waals surface area contributed by atoms with Gasteiger partial charge in [0.05, 0.1) is 18.6 Å². The molecule has 152 valence electrons. The van der Waals surface area contributed by atoms with Crippen LogP contribution in [0.15, 0.2) is 57.6 Å². The number of nitrogens with one attached hydrogen (secondary N) is 1. The zero-order chi connectivity index (χ0) is 21.0. The van der Waals surface area contributed by atoms with Gasteiger partial charge >= 0.3 is 10.1 Å². The highest BCUT2D eigenvalue weighted by atomic mass is 32.2. The highest BCUT2D eigenvalue weighted by Crippen LogP contribution is 2.25. The van der Waals surface area contributed by atoms with Crippen molar-refractivity contribution in [1.29, 1.82) is 0 Å². The van der Waals surface area contributed by atoms with Crippen LogP contribution >= 0.6 is 11.8 Å². The predicted octanol–water partition coefficient (Wildman–Crippen LogP) is 2.71. The highest BCUT2D eigenvalue weighted by molar-refractivity contribution is 8.15. The van der Waals surface area contributed by atoms with Crippen molar-refractivity contribution in [3.05, 3.63) is 53.6 Å². The first kappa shape index (κ1) is 20.9. The first-order valence-electron chi connectivity index (χ1n) is 8.56. The molecule has 1 atom stereocenters. The van der Waals surface area contributed by atoms with E-state index in [0.717, 1.165) is 5.56 Å². The van der Waals surface area contributed by atoms with Crippen LogP contribution in [0.3, 0.4) is 0 Å². The predicted molar refractivity (Wildman–Crippen MR) is 112 cm³/mol. The number of thioether (sulfide) groups is 1. The van der Waals surface area contributed by atoms with Crippen LogP contribution < -0.4 is 14.2 Å². The largest absolute Gasteiger partial charge is 0.497 e. The van der Waals surface area contributed by atoms with E-state index in [1.165, 1.54) is 37.2 Å². The van der Waals surface area contributed by atoms with E-state index in [4.69, 9.17) is 8.92 Å². The van der Waals surface area contributed by atoms with E-state index in [-0.39, 0.29) is 21.8 Å². The van der Waals surface area contributed by atoms with Crippen molar-refractivity contribution in [2.75, 3.05) is 7.11 Å². The normalized spacial score (nSPS) is 18.2. The molecule has 1 unspecified atom stereocenters. The first-order chi connectivity index (χ1) is 13.8. The molecule has 2 aromatic rings. The molecule has 1 saturated heterocycles. The molecule has 0 bridgehead atoms. The van der Waals surface area contributed by atoms with E-state index < -0.39 is 10.1 Å². The summed E-state index contributed by atoms with van der Waals surface area (Å²) in [5.41, 5.74) is 1.33. The lowest BCUT2D eigenvalue weighted by atomic mass is 10.1. The monoisotopic (exact) mass is 433 g/mol. The number of rotatable bonds is 6. The maximum Gasteiger partial charge on any atom is 0.339 e. The van der Waals surface area contributed by atoms with Crippen LogP contribution in [-0.4, -0.2) is 38.1 Å². The Morgan fingerprint density at radius 1 is 1.17 bits per heavy atom. The number of carbonyl (C=O) groups is 1. The molecule has 1 N–H and O–H groups in total. The van der Waals surface area contributed by atoms with Crippen molar-refractivity contribution in [3.8, 4) is 11.5 Å². The minimum atomic E-state index is -4.04. The fourth-order valence-electron chi connectivity index (χ4n) is 2.40. The Labute approximate surface area is 173 Å². The molecule has 8 nitrogen and oxygen atoms in total. The molecule has 1 heterocycles. The summed E-state index contributed by atoms with van der Waals surface area (Å²) in [6.45, 7) is 3.63. The van der Waals surface area contributed by atoms with Crippen molar-refractivity contribution in [1.82, 2.24) is 5.32 Å². The van der Waals surface area contributed by atoms with Gasteiger partial charge in [0.2, 0.25) is 5.91 Å². The lowest BCUT2D eigenvalue weighted by Gasteiger charge is -2.10. The Kier molecular flexibility index (Phi) is 6.23. The summed E-state index contributed by atoms with van der Waals surface area (Å²) in [6.07, 6.45) is 1.38. The summed E-state index contributed by atoms with van der Waals surface area (Å²) in [4.78, 5) is 11.5. The summed E-state index contributed by atoms with van der Waals surface area (Å²) >= 11 is 1.26. The molecule has 1 amide bonds. The maximum atomic E-state index is 12.6. The van der Waals surface area contributed by atoms with E-state index in [9.17, 15) is 13.2 Å². The third-order valence-electron chi connectivity index (χ3n) is 3.95. The molecular weight excluding hydrogens is 414 g/mol. The van der Waals surface area contributed by atoms with Crippen LogP contribution in [0.25, 0.3) is 0 Å². The quantitative estimate of drug-likeness (QED) is 0.426. The average molecular weight is 434 g/mol. The number of carbonyl (C=O) groups excluding carboxylic acids is 1. The summed E-state index contributed by atoms with van der Waals surface area (Å²) in [5, 5.41) is 10.7. The number of hydrogen-bond acceptors (Lipinski definition) is 8. The van der Waals surface area contributed by atoms with Crippen LogP contribution in [-0.2, 0) is 14.9 Å². The Bertz CT molecular complexity index is 1080. The number of amidine groups is 1. The molecule has 0 spiro atoms. The fourth-order valence-corrected chi connectivity index (χ4v) is 4.11. The standard InChI is InChI=1S/C19H19N3O5S2/c1-12-4-9-17(27-29(24,25)16-7-5-15(26-3)6-8-16)14(10-12)11-20-22-19-21-18(23)13(2)28-19/h4-11,13H,1-3H3,(H,21,22,23). The van der Waals surface area contributed by atoms with Crippen LogP contribution in [0, 0.1) is 6.92 Å². The van der Waals surface area contributed by atoms with Gasteiger partial charge in [0, 0.05) is 5.56 Å². The summed E-state index contributed by atoms with van der Waals surface area (Å²) in [5.74, 6) is 0.526. The minimum absolute atomic E-state index is 0.000984. The van der Waals surface area contributed by atoms with Crippen LogP contribution in [0.1, 0.15) is 18.1 Å². The van der Waals surface area contributed by atoms with Crippen LogP contribution in [0.2, 0.25) is 0 Å². The molecule has 0 radical (unpaired) electrons. The summed E-state index contributed by atoms with van der Waals surface area (Å²) in [7, 11) is -2.55. The number of aryl methyl sites for hydroxylation is 1. The highest BCUT2D eigenvalue weighted by Gasteiger charge is 2.25. The van der Waals surface area contributed by atoms with E-state index >= 15 is 0 Å².